The Balaban J connectivity index is 2.18. The third kappa shape index (κ3) is 3.33. The molecule has 1 aromatic rings. The quantitative estimate of drug-likeness (QED) is 0.890. The standard InChI is InChI=1S/C12H22N4O2S/c1-9(2)16-11(8-7-10-5-3-4-6-10)14-15-12(16)19(13,17)18/h9-10H,3-8H2,1-2H3,(H2,13,17,18). The molecule has 0 spiro atoms. The van der Waals surface area contributed by atoms with Gasteiger partial charge in [-0.3, -0.25) is 4.57 Å². The molecule has 0 atom stereocenters. The van der Waals surface area contributed by atoms with Gasteiger partial charge in [0.15, 0.2) is 0 Å². The van der Waals surface area contributed by atoms with Crippen molar-refractivity contribution >= 4 is 10.0 Å². The van der Waals surface area contributed by atoms with Gasteiger partial charge < -0.3 is 0 Å². The molecule has 2 N–H and O–H groups in total. The number of primary sulfonamides is 1. The fourth-order valence-electron chi connectivity index (χ4n) is 2.82. The van der Waals surface area contributed by atoms with Crippen LogP contribution in [0.4, 0.5) is 0 Å². The van der Waals surface area contributed by atoms with Gasteiger partial charge in [0.25, 0.3) is 15.2 Å². The largest absolute Gasteiger partial charge is 0.298 e. The van der Waals surface area contributed by atoms with E-state index in [1.54, 1.807) is 4.57 Å². The smallest absolute Gasteiger partial charge is 0.273 e. The van der Waals surface area contributed by atoms with E-state index in [0.717, 1.165) is 24.6 Å². The summed E-state index contributed by atoms with van der Waals surface area (Å²) in [6, 6.07) is -0.0121. The Morgan fingerprint density at radius 1 is 1.32 bits per heavy atom. The summed E-state index contributed by atoms with van der Waals surface area (Å²) in [5.41, 5.74) is 0. The summed E-state index contributed by atoms with van der Waals surface area (Å²) >= 11 is 0. The summed E-state index contributed by atoms with van der Waals surface area (Å²) in [4.78, 5) is 0. The van der Waals surface area contributed by atoms with E-state index in [0.29, 0.717) is 0 Å². The Bertz CT molecular complexity index is 530. The van der Waals surface area contributed by atoms with Crippen LogP contribution in [0.2, 0.25) is 0 Å². The van der Waals surface area contributed by atoms with Gasteiger partial charge in [0.1, 0.15) is 5.82 Å². The minimum Gasteiger partial charge on any atom is -0.298 e. The van der Waals surface area contributed by atoms with Gasteiger partial charge in [-0.2, -0.15) is 0 Å². The van der Waals surface area contributed by atoms with E-state index < -0.39 is 10.0 Å². The van der Waals surface area contributed by atoms with Crippen LogP contribution in [0.3, 0.4) is 0 Å². The lowest BCUT2D eigenvalue weighted by atomic mass is 10.0. The molecular formula is C12H22N4O2S. The first-order valence-electron chi connectivity index (χ1n) is 6.86. The maximum absolute atomic E-state index is 11.5. The van der Waals surface area contributed by atoms with E-state index in [9.17, 15) is 8.42 Å². The molecule has 0 aromatic carbocycles. The summed E-state index contributed by atoms with van der Waals surface area (Å²) < 4.78 is 24.6. The lowest BCUT2D eigenvalue weighted by Gasteiger charge is -2.14. The van der Waals surface area contributed by atoms with Crippen LogP contribution in [-0.4, -0.2) is 23.2 Å². The molecule has 0 amide bonds. The lowest BCUT2D eigenvalue weighted by Crippen LogP contribution is -2.20. The van der Waals surface area contributed by atoms with Crippen LogP contribution in [0.1, 0.15) is 57.8 Å². The highest BCUT2D eigenvalue weighted by molar-refractivity contribution is 7.89. The molecule has 108 valence electrons. The summed E-state index contributed by atoms with van der Waals surface area (Å²) in [5.74, 6) is 1.47. The SMILES string of the molecule is CC(C)n1c(CCC2CCCC2)nnc1S(N)(=O)=O. The minimum atomic E-state index is -3.81. The molecule has 0 aliphatic heterocycles. The minimum absolute atomic E-state index is 0.0121. The van der Waals surface area contributed by atoms with Crippen LogP contribution in [0.15, 0.2) is 5.16 Å². The number of hydrogen-bond acceptors (Lipinski definition) is 4. The number of aryl methyl sites for hydroxylation is 1. The van der Waals surface area contributed by atoms with Gasteiger partial charge in [0.05, 0.1) is 0 Å². The van der Waals surface area contributed by atoms with Crippen molar-refractivity contribution in [3.63, 3.8) is 0 Å². The zero-order valence-electron chi connectivity index (χ0n) is 11.5. The number of rotatable bonds is 5. The molecule has 0 bridgehead atoms. The van der Waals surface area contributed by atoms with E-state index in [2.05, 4.69) is 10.2 Å². The molecule has 0 saturated heterocycles. The Labute approximate surface area is 114 Å². The molecule has 1 fully saturated rings. The maximum Gasteiger partial charge on any atom is 0.273 e. The van der Waals surface area contributed by atoms with Crippen LogP contribution in [0, 0.1) is 5.92 Å². The predicted octanol–water partition coefficient (Wildman–Crippen LogP) is 1.63. The summed E-state index contributed by atoms with van der Waals surface area (Å²) in [6.07, 6.45) is 6.99. The van der Waals surface area contributed by atoms with Gasteiger partial charge >= 0.3 is 0 Å². The van der Waals surface area contributed by atoms with Crippen molar-refractivity contribution in [2.24, 2.45) is 11.1 Å². The average molecular weight is 286 g/mol. The van der Waals surface area contributed by atoms with E-state index in [4.69, 9.17) is 5.14 Å². The van der Waals surface area contributed by atoms with Crippen molar-refractivity contribution in [3.8, 4) is 0 Å². The molecule has 1 aliphatic carbocycles. The van der Waals surface area contributed by atoms with Crippen LogP contribution >= 0.6 is 0 Å². The molecule has 6 nitrogen and oxygen atoms in total. The number of hydrogen-bond donors (Lipinski definition) is 1. The third-order valence-corrected chi connectivity index (χ3v) is 4.54. The van der Waals surface area contributed by atoms with Crippen molar-refractivity contribution in [2.75, 3.05) is 0 Å². The number of sulfonamides is 1. The average Bonchev–Trinajstić information content (AvgIpc) is 2.94. The molecule has 0 radical (unpaired) electrons. The van der Waals surface area contributed by atoms with Crippen LogP contribution in [-0.2, 0) is 16.4 Å². The van der Waals surface area contributed by atoms with Crippen molar-refractivity contribution in [3.05, 3.63) is 5.82 Å². The highest BCUT2D eigenvalue weighted by atomic mass is 32.2. The van der Waals surface area contributed by atoms with Crippen LogP contribution in [0.5, 0.6) is 0 Å². The summed E-state index contributed by atoms with van der Waals surface area (Å²) in [6.45, 7) is 3.83. The molecule has 1 saturated carbocycles. The zero-order valence-corrected chi connectivity index (χ0v) is 12.4. The van der Waals surface area contributed by atoms with Crippen molar-refractivity contribution in [2.45, 2.75) is 63.6 Å². The lowest BCUT2D eigenvalue weighted by molar-refractivity contribution is 0.464. The Hall–Kier alpha value is -0.950. The highest BCUT2D eigenvalue weighted by Crippen LogP contribution is 2.29. The number of nitrogens with zero attached hydrogens (tertiary/aromatic N) is 3. The number of aromatic nitrogens is 3. The maximum atomic E-state index is 11.5. The first-order chi connectivity index (χ1) is 8.89. The summed E-state index contributed by atoms with van der Waals surface area (Å²) in [7, 11) is -3.81. The second-order valence-corrected chi connectivity index (χ2v) is 7.05. The Morgan fingerprint density at radius 3 is 2.47 bits per heavy atom. The Kier molecular flexibility index (Phi) is 4.25. The van der Waals surface area contributed by atoms with Gasteiger partial charge in [-0.15, -0.1) is 10.2 Å². The molecule has 1 heterocycles. The van der Waals surface area contributed by atoms with Gasteiger partial charge in [0.2, 0.25) is 0 Å². The van der Waals surface area contributed by atoms with Crippen molar-refractivity contribution in [1.29, 1.82) is 0 Å². The Morgan fingerprint density at radius 2 is 1.95 bits per heavy atom. The molecule has 2 rings (SSSR count). The fourth-order valence-corrected chi connectivity index (χ4v) is 3.57. The fraction of sp³-hybridized carbons (Fsp3) is 0.833. The summed E-state index contributed by atoms with van der Waals surface area (Å²) in [5, 5.41) is 12.8. The highest BCUT2D eigenvalue weighted by Gasteiger charge is 2.24. The van der Waals surface area contributed by atoms with Gasteiger partial charge in [-0.25, -0.2) is 13.6 Å². The third-order valence-electron chi connectivity index (χ3n) is 3.76. The number of nitrogens with two attached hydrogens (primary N) is 1. The normalized spacial score (nSPS) is 17.5. The second kappa shape index (κ2) is 5.58. The molecule has 1 aliphatic rings. The zero-order chi connectivity index (χ0) is 14.0. The first kappa shape index (κ1) is 14.5. The van der Waals surface area contributed by atoms with Crippen LogP contribution < -0.4 is 5.14 Å². The van der Waals surface area contributed by atoms with E-state index >= 15 is 0 Å². The van der Waals surface area contributed by atoms with E-state index in [1.807, 2.05) is 13.8 Å². The monoisotopic (exact) mass is 286 g/mol. The predicted molar refractivity (Wildman–Crippen MR) is 72.1 cm³/mol. The van der Waals surface area contributed by atoms with Crippen LogP contribution in [0.25, 0.3) is 0 Å². The van der Waals surface area contributed by atoms with Crippen molar-refractivity contribution in [1.82, 2.24) is 14.8 Å². The molecule has 0 unspecified atom stereocenters. The molecular weight excluding hydrogens is 264 g/mol. The molecule has 1 aromatic heterocycles. The van der Waals surface area contributed by atoms with E-state index in [1.165, 1.54) is 25.7 Å². The second-order valence-electron chi connectivity index (χ2n) is 5.60. The topological polar surface area (TPSA) is 90.9 Å². The molecule has 19 heavy (non-hydrogen) atoms. The van der Waals surface area contributed by atoms with Crippen molar-refractivity contribution < 1.29 is 8.42 Å². The van der Waals surface area contributed by atoms with Gasteiger partial charge in [0, 0.05) is 12.5 Å². The first-order valence-corrected chi connectivity index (χ1v) is 8.41. The molecule has 7 heteroatoms. The van der Waals surface area contributed by atoms with Gasteiger partial charge in [-0.05, 0) is 26.2 Å². The van der Waals surface area contributed by atoms with Gasteiger partial charge in [-0.1, -0.05) is 25.7 Å². The van der Waals surface area contributed by atoms with E-state index in [-0.39, 0.29) is 11.2 Å².